The zero-order valence-electron chi connectivity index (χ0n) is 10.5. The van der Waals surface area contributed by atoms with Crippen LogP contribution in [0.15, 0.2) is 30.3 Å². The zero-order chi connectivity index (χ0) is 14.1. The maximum Gasteiger partial charge on any atom is 0.314 e. The summed E-state index contributed by atoms with van der Waals surface area (Å²) in [6.45, 7) is 0.301. The smallest absolute Gasteiger partial charge is 0.314 e. The molecule has 0 aliphatic carbocycles. The third-order valence-electron chi connectivity index (χ3n) is 2.62. The van der Waals surface area contributed by atoms with E-state index in [1.807, 2.05) is 30.3 Å². The predicted octanol–water partition coefficient (Wildman–Crippen LogP) is 0.536. The first-order chi connectivity index (χ1) is 9.13. The van der Waals surface area contributed by atoms with Crippen LogP contribution in [0.5, 0.6) is 0 Å². The summed E-state index contributed by atoms with van der Waals surface area (Å²) in [5.74, 6) is -1.13. The second-order valence-corrected chi connectivity index (χ2v) is 4.07. The maximum atomic E-state index is 11.4. The number of urea groups is 1. The van der Waals surface area contributed by atoms with Crippen LogP contribution in [-0.4, -0.2) is 41.9 Å². The highest BCUT2D eigenvalue weighted by molar-refractivity contribution is 5.75. The Morgan fingerprint density at radius 3 is 2.42 bits per heavy atom. The standard InChI is InChI=1S/C13H18N2O4/c16-9-11(10-4-2-1-3-5-10)8-15-13(19)14-7-6-12(17)18/h1-5,11,16H,6-9H2,(H,17,18)(H2,14,15,19). The Bertz CT molecular complexity index is 408. The molecule has 1 atom stereocenters. The van der Waals surface area contributed by atoms with Crippen LogP contribution < -0.4 is 10.6 Å². The van der Waals surface area contributed by atoms with Gasteiger partial charge in [0, 0.05) is 19.0 Å². The maximum absolute atomic E-state index is 11.4. The average Bonchev–Trinajstić information content (AvgIpc) is 2.40. The van der Waals surface area contributed by atoms with E-state index >= 15 is 0 Å². The van der Waals surface area contributed by atoms with E-state index in [0.717, 1.165) is 5.56 Å². The number of hydrogen-bond acceptors (Lipinski definition) is 3. The van der Waals surface area contributed by atoms with Crippen LogP contribution in [0.2, 0.25) is 0 Å². The molecule has 0 saturated carbocycles. The van der Waals surface area contributed by atoms with Gasteiger partial charge in [0.1, 0.15) is 0 Å². The molecule has 0 saturated heterocycles. The van der Waals surface area contributed by atoms with Crippen molar-refractivity contribution < 1.29 is 19.8 Å². The van der Waals surface area contributed by atoms with Gasteiger partial charge in [0.15, 0.2) is 0 Å². The van der Waals surface area contributed by atoms with Crippen LogP contribution in [0, 0.1) is 0 Å². The van der Waals surface area contributed by atoms with Gasteiger partial charge in [0.05, 0.1) is 13.0 Å². The summed E-state index contributed by atoms with van der Waals surface area (Å²) in [4.78, 5) is 21.7. The Morgan fingerprint density at radius 1 is 1.16 bits per heavy atom. The third kappa shape index (κ3) is 5.87. The van der Waals surface area contributed by atoms with E-state index in [0.29, 0.717) is 6.54 Å². The number of aliphatic hydroxyl groups is 1. The van der Waals surface area contributed by atoms with E-state index in [2.05, 4.69) is 10.6 Å². The number of carbonyl (C=O) groups is 2. The summed E-state index contributed by atoms with van der Waals surface area (Å²) in [7, 11) is 0. The van der Waals surface area contributed by atoms with Crippen molar-refractivity contribution >= 4 is 12.0 Å². The molecule has 1 rings (SSSR count). The molecule has 0 spiro atoms. The molecule has 1 unspecified atom stereocenters. The third-order valence-corrected chi connectivity index (χ3v) is 2.62. The van der Waals surface area contributed by atoms with E-state index in [1.54, 1.807) is 0 Å². The van der Waals surface area contributed by atoms with E-state index in [9.17, 15) is 14.7 Å². The lowest BCUT2D eigenvalue weighted by Crippen LogP contribution is -2.39. The number of aliphatic carboxylic acids is 1. The molecule has 0 bridgehead atoms. The molecule has 1 aromatic rings. The Hall–Kier alpha value is -2.08. The van der Waals surface area contributed by atoms with Crippen LogP contribution in [0.4, 0.5) is 4.79 Å². The molecule has 0 fully saturated rings. The van der Waals surface area contributed by atoms with E-state index in [4.69, 9.17) is 5.11 Å². The Labute approximate surface area is 111 Å². The summed E-state index contributed by atoms with van der Waals surface area (Å²) in [5, 5.41) is 22.8. The van der Waals surface area contributed by atoms with Crippen LogP contribution in [-0.2, 0) is 4.79 Å². The van der Waals surface area contributed by atoms with Crippen LogP contribution >= 0.6 is 0 Å². The largest absolute Gasteiger partial charge is 0.481 e. The summed E-state index contributed by atoms with van der Waals surface area (Å²) < 4.78 is 0. The van der Waals surface area contributed by atoms with Crippen molar-refractivity contribution in [2.45, 2.75) is 12.3 Å². The molecule has 1 aromatic carbocycles. The highest BCUT2D eigenvalue weighted by atomic mass is 16.4. The molecular formula is C13H18N2O4. The zero-order valence-corrected chi connectivity index (χ0v) is 10.5. The number of nitrogens with one attached hydrogen (secondary N) is 2. The highest BCUT2D eigenvalue weighted by Gasteiger charge is 2.11. The van der Waals surface area contributed by atoms with Gasteiger partial charge < -0.3 is 20.8 Å². The fourth-order valence-electron chi connectivity index (χ4n) is 1.57. The molecule has 4 N–H and O–H groups in total. The SMILES string of the molecule is O=C(O)CCNC(=O)NCC(CO)c1ccccc1. The number of rotatable bonds is 7. The monoisotopic (exact) mass is 266 g/mol. The molecular weight excluding hydrogens is 248 g/mol. The molecule has 0 radical (unpaired) electrons. The second kappa shape index (κ2) is 8.10. The van der Waals surface area contributed by atoms with Gasteiger partial charge in [-0.1, -0.05) is 30.3 Å². The number of amides is 2. The van der Waals surface area contributed by atoms with Gasteiger partial charge in [0.2, 0.25) is 0 Å². The minimum Gasteiger partial charge on any atom is -0.481 e. The van der Waals surface area contributed by atoms with Gasteiger partial charge in [0.25, 0.3) is 0 Å². The Balaban J connectivity index is 2.33. The highest BCUT2D eigenvalue weighted by Crippen LogP contribution is 2.13. The van der Waals surface area contributed by atoms with Crippen molar-refractivity contribution in [2.75, 3.05) is 19.7 Å². The first-order valence-electron chi connectivity index (χ1n) is 6.02. The van der Waals surface area contributed by atoms with E-state index in [-0.39, 0.29) is 25.5 Å². The number of benzene rings is 1. The van der Waals surface area contributed by atoms with Gasteiger partial charge in [-0.25, -0.2) is 4.79 Å². The van der Waals surface area contributed by atoms with E-state index < -0.39 is 12.0 Å². The second-order valence-electron chi connectivity index (χ2n) is 4.07. The molecule has 0 aliphatic heterocycles. The van der Waals surface area contributed by atoms with Crippen LogP contribution in [0.3, 0.4) is 0 Å². The van der Waals surface area contributed by atoms with E-state index in [1.165, 1.54) is 0 Å². The Kier molecular flexibility index (Phi) is 6.38. The van der Waals surface area contributed by atoms with Gasteiger partial charge >= 0.3 is 12.0 Å². The number of hydrogen-bond donors (Lipinski definition) is 4. The summed E-state index contributed by atoms with van der Waals surface area (Å²) in [6.07, 6.45) is -0.116. The summed E-state index contributed by atoms with van der Waals surface area (Å²) >= 11 is 0. The molecule has 0 aliphatic rings. The fraction of sp³-hybridized carbons (Fsp3) is 0.385. The lowest BCUT2D eigenvalue weighted by Gasteiger charge is -2.15. The van der Waals surface area contributed by atoms with Gasteiger partial charge in [-0.3, -0.25) is 4.79 Å². The number of carboxylic acid groups (broad SMARTS) is 1. The molecule has 0 aromatic heterocycles. The van der Waals surface area contributed by atoms with Gasteiger partial charge in [-0.15, -0.1) is 0 Å². The lowest BCUT2D eigenvalue weighted by molar-refractivity contribution is -0.136. The molecule has 104 valence electrons. The summed E-state index contributed by atoms with van der Waals surface area (Å²) in [5.41, 5.74) is 0.941. The molecule has 6 heteroatoms. The van der Waals surface area contributed by atoms with Crippen molar-refractivity contribution in [1.82, 2.24) is 10.6 Å². The molecule has 2 amide bonds. The predicted molar refractivity (Wildman–Crippen MR) is 69.9 cm³/mol. The quantitative estimate of drug-likeness (QED) is 0.578. The van der Waals surface area contributed by atoms with Crippen molar-refractivity contribution in [3.8, 4) is 0 Å². The van der Waals surface area contributed by atoms with Crippen molar-refractivity contribution in [1.29, 1.82) is 0 Å². The lowest BCUT2D eigenvalue weighted by atomic mass is 10.0. The van der Waals surface area contributed by atoms with Gasteiger partial charge in [-0.05, 0) is 5.56 Å². The fourth-order valence-corrected chi connectivity index (χ4v) is 1.57. The van der Waals surface area contributed by atoms with Crippen LogP contribution in [0.1, 0.15) is 17.9 Å². The Morgan fingerprint density at radius 2 is 1.84 bits per heavy atom. The minimum absolute atomic E-state index is 0.0700. The first kappa shape index (κ1) is 15.0. The first-order valence-corrected chi connectivity index (χ1v) is 6.02. The van der Waals surface area contributed by atoms with Crippen molar-refractivity contribution in [3.63, 3.8) is 0 Å². The molecule has 0 heterocycles. The van der Waals surface area contributed by atoms with Crippen molar-refractivity contribution in [3.05, 3.63) is 35.9 Å². The van der Waals surface area contributed by atoms with Crippen LogP contribution in [0.25, 0.3) is 0 Å². The molecule has 19 heavy (non-hydrogen) atoms. The van der Waals surface area contributed by atoms with Crippen molar-refractivity contribution in [2.24, 2.45) is 0 Å². The average molecular weight is 266 g/mol. The number of aliphatic hydroxyl groups excluding tert-OH is 1. The minimum atomic E-state index is -0.960. The topological polar surface area (TPSA) is 98.7 Å². The number of carbonyl (C=O) groups excluding carboxylic acids is 1. The number of carboxylic acids is 1. The summed E-state index contributed by atoms with van der Waals surface area (Å²) in [6, 6.07) is 8.94. The van der Waals surface area contributed by atoms with Gasteiger partial charge in [-0.2, -0.15) is 0 Å². The normalized spacial score (nSPS) is 11.6. The molecule has 6 nitrogen and oxygen atoms in total.